The number of ether oxygens (including phenoxy) is 2. The molecule has 34 heavy (non-hydrogen) atoms. The van der Waals surface area contributed by atoms with Crippen LogP contribution in [0, 0.1) is 0 Å². The molecule has 0 saturated heterocycles. The lowest BCUT2D eigenvalue weighted by Crippen LogP contribution is -2.28. The Kier molecular flexibility index (Phi) is 7.81. The van der Waals surface area contributed by atoms with Gasteiger partial charge in [0.1, 0.15) is 12.2 Å². The van der Waals surface area contributed by atoms with Crippen molar-refractivity contribution in [1.82, 2.24) is 0 Å². The number of hydrogen-bond donors (Lipinski definition) is 0. The maximum atomic E-state index is 12.4. The van der Waals surface area contributed by atoms with Crippen LogP contribution in [-0.4, -0.2) is 29.9 Å². The highest BCUT2D eigenvalue weighted by Gasteiger charge is 2.29. The molecule has 0 heterocycles. The molecule has 0 bridgehead atoms. The summed E-state index contributed by atoms with van der Waals surface area (Å²) < 4.78 is 11.3. The van der Waals surface area contributed by atoms with Crippen LogP contribution in [0.15, 0.2) is 48.5 Å². The molecular weight excluding hydrogens is 428 g/mol. The lowest BCUT2D eigenvalue weighted by Gasteiger charge is -2.31. The van der Waals surface area contributed by atoms with Crippen LogP contribution in [-0.2, 0) is 9.47 Å². The predicted molar refractivity (Wildman–Crippen MR) is 130 cm³/mol. The van der Waals surface area contributed by atoms with E-state index in [9.17, 15) is 14.4 Å². The third kappa shape index (κ3) is 6.13. The van der Waals surface area contributed by atoms with Gasteiger partial charge in [0.2, 0.25) is 0 Å². The van der Waals surface area contributed by atoms with Gasteiger partial charge in [-0.25, -0.2) is 4.79 Å². The molecule has 0 unspecified atom stereocenters. The molecule has 2 aliphatic carbocycles. The number of rotatable bonds is 6. The van der Waals surface area contributed by atoms with Crippen molar-refractivity contribution in [3.05, 3.63) is 70.8 Å². The van der Waals surface area contributed by atoms with Gasteiger partial charge in [-0.05, 0) is 88.2 Å². The second kappa shape index (κ2) is 11.0. The zero-order valence-electron chi connectivity index (χ0n) is 20.1. The summed E-state index contributed by atoms with van der Waals surface area (Å²) in [5.41, 5.74) is 3.98. The van der Waals surface area contributed by atoms with Crippen molar-refractivity contribution in [2.24, 2.45) is 0 Å². The van der Waals surface area contributed by atoms with Crippen LogP contribution in [0.3, 0.4) is 0 Å². The van der Waals surface area contributed by atoms with Gasteiger partial charge in [0, 0.05) is 11.1 Å². The Labute approximate surface area is 201 Å². The highest BCUT2D eigenvalue weighted by atomic mass is 16.7. The number of benzene rings is 2. The van der Waals surface area contributed by atoms with Crippen LogP contribution < -0.4 is 0 Å². The maximum Gasteiger partial charge on any atom is 0.508 e. The second-order valence-electron chi connectivity index (χ2n) is 9.79. The lowest BCUT2D eigenvalue weighted by molar-refractivity contribution is -0.0214. The monoisotopic (exact) mass is 462 g/mol. The van der Waals surface area contributed by atoms with Crippen molar-refractivity contribution in [3.63, 3.8) is 0 Å². The minimum absolute atomic E-state index is 0.0824. The van der Waals surface area contributed by atoms with E-state index in [1.54, 1.807) is 13.8 Å². The van der Waals surface area contributed by atoms with E-state index in [2.05, 4.69) is 0 Å². The van der Waals surface area contributed by atoms with Gasteiger partial charge in [0.05, 0.1) is 0 Å². The van der Waals surface area contributed by atoms with Crippen LogP contribution in [0.2, 0.25) is 0 Å². The van der Waals surface area contributed by atoms with E-state index in [0.29, 0.717) is 11.8 Å². The first-order chi connectivity index (χ1) is 16.4. The van der Waals surface area contributed by atoms with Crippen molar-refractivity contribution in [2.75, 3.05) is 0 Å². The van der Waals surface area contributed by atoms with E-state index in [1.807, 2.05) is 48.5 Å². The van der Waals surface area contributed by atoms with Gasteiger partial charge < -0.3 is 9.47 Å². The quantitative estimate of drug-likeness (QED) is 0.341. The molecule has 5 heteroatoms. The first-order valence-corrected chi connectivity index (χ1v) is 12.5. The lowest BCUT2D eigenvalue weighted by atomic mass is 9.82. The summed E-state index contributed by atoms with van der Waals surface area (Å²) >= 11 is 0. The molecule has 4 rings (SSSR count). The van der Waals surface area contributed by atoms with E-state index in [1.165, 1.54) is 11.1 Å². The van der Waals surface area contributed by atoms with E-state index < -0.39 is 6.16 Å². The van der Waals surface area contributed by atoms with Crippen molar-refractivity contribution in [3.8, 4) is 0 Å². The average Bonchev–Trinajstić information content (AvgIpc) is 2.85. The molecule has 0 amide bonds. The summed E-state index contributed by atoms with van der Waals surface area (Å²) in [7, 11) is 0. The highest BCUT2D eigenvalue weighted by Crippen LogP contribution is 2.36. The zero-order chi connectivity index (χ0) is 24.1. The Morgan fingerprint density at radius 1 is 0.559 bits per heavy atom. The molecule has 5 nitrogen and oxygen atoms in total. The van der Waals surface area contributed by atoms with Gasteiger partial charge in [0.25, 0.3) is 0 Å². The Morgan fingerprint density at radius 2 is 0.882 bits per heavy atom. The van der Waals surface area contributed by atoms with Gasteiger partial charge in [-0.15, -0.1) is 0 Å². The third-order valence-electron chi connectivity index (χ3n) is 7.45. The number of carbonyl (C=O) groups is 3. The molecule has 2 fully saturated rings. The molecule has 2 aromatic carbocycles. The van der Waals surface area contributed by atoms with Crippen LogP contribution in [0.25, 0.3) is 0 Å². The SMILES string of the molecule is CC(=O)c1ccc(C2CCC(OC(=O)OC3CCC(c4ccc(C(C)=O)cc4)CC3)CC2)cc1. The van der Waals surface area contributed by atoms with Crippen molar-refractivity contribution < 1.29 is 23.9 Å². The Hall–Kier alpha value is -2.95. The van der Waals surface area contributed by atoms with E-state index >= 15 is 0 Å². The molecule has 0 N–H and O–H groups in total. The van der Waals surface area contributed by atoms with Gasteiger partial charge in [-0.1, -0.05) is 48.5 Å². The normalized spacial score (nSPS) is 24.8. The van der Waals surface area contributed by atoms with Gasteiger partial charge in [-0.3, -0.25) is 9.59 Å². The van der Waals surface area contributed by atoms with Crippen LogP contribution in [0.4, 0.5) is 4.79 Å². The van der Waals surface area contributed by atoms with Crippen LogP contribution in [0.1, 0.15) is 109 Å². The molecule has 0 aromatic heterocycles. The van der Waals surface area contributed by atoms with Gasteiger partial charge in [0.15, 0.2) is 11.6 Å². The molecule has 2 saturated carbocycles. The van der Waals surface area contributed by atoms with Crippen molar-refractivity contribution in [1.29, 1.82) is 0 Å². The predicted octanol–water partition coefficient (Wildman–Crippen LogP) is 7.00. The first kappa shape index (κ1) is 24.2. The average molecular weight is 463 g/mol. The summed E-state index contributed by atoms with van der Waals surface area (Å²) in [6.07, 6.45) is 6.46. The number of ketones is 2. The van der Waals surface area contributed by atoms with Gasteiger partial charge in [-0.2, -0.15) is 0 Å². The molecule has 0 atom stereocenters. The van der Waals surface area contributed by atoms with E-state index in [4.69, 9.17) is 9.47 Å². The molecule has 0 radical (unpaired) electrons. The van der Waals surface area contributed by atoms with Gasteiger partial charge >= 0.3 is 6.16 Å². The number of hydrogen-bond acceptors (Lipinski definition) is 5. The Balaban J connectivity index is 1.18. The zero-order valence-corrected chi connectivity index (χ0v) is 20.1. The van der Waals surface area contributed by atoms with Crippen LogP contribution >= 0.6 is 0 Å². The summed E-state index contributed by atoms with van der Waals surface area (Å²) in [5, 5.41) is 0. The fourth-order valence-electron chi connectivity index (χ4n) is 5.31. The Bertz CT molecular complexity index is 910. The van der Waals surface area contributed by atoms with E-state index in [0.717, 1.165) is 62.5 Å². The molecular formula is C29H34O5. The minimum atomic E-state index is -0.538. The summed E-state index contributed by atoms with van der Waals surface area (Å²) in [4.78, 5) is 35.3. The second-order valence-corrected chi connectivity index (χ2v) is 9.79. The van der Waals surface area contributed by atoms with Crippen LogP contribution in [0.5, 0.6) is 0 Å². The third-order valence-corrected chi connectivity index (χ3v) is 7.45. The van der Waals surface area contributed by atoms with Crippen molar-refractivity contribution in [2.45, 2.75) is 89.3 Å². The number of Topliss-reactive ketones (excluding diaryl/α,β-unsaturated/α-hetero) is 2. The first-order valence-electron chi connectivity index (χ1n) is 12.5. The Morgan fingerprint density at radius 3 is 1.18 bits per heavy atom. The molecule has 0 aliphatic heterocycles. The fourth-order valence-corrected chi connectivity index (χ4v) is 5.31. The molecule has 0 spiro atoms. The standard InChI is InChI=1S/C29H34O5/c1-19(30)21-3-7-23(8-4-21)25-11-15-27(16-12-25)33-29(32)34-28-17-13-26(14-18-28)24-9-5-22(6-10-24)20(2)31/h3-10,25-28H,11-18H2,1-2H3. The minimum Gasteiger partial charge on any atom is -0.431 e. The summed E-state index contributed by atoms with van der Waals surface area (Å²) in [5.74, 6) is 1.05. The highest BCUT2D eigenvalue weighted by molar-refractivity contribution is 5.94. The topological polar surface area (TPSA) is 69.7 Å². The van der Waals surface area contributed by atoms with E-state index in [-0.39, 0.29) is 23.8 Å². The summed E-state index contributed by atoms with van der Waals surface area (Å²) in [6, 6.07) is 15.8. The molecule has 2 aliphatic rings. The molecule has 180 valence electrons. The molecule has 2 aromatic rings. The van der Waals surface area contributed by atoms with Crippen molar-refractivity contribution >= 4 is 17.7 Å². The summed E-state index contributed by atoms with van der Waals surface area (Å²) in [6.45, 7) is 3.16. The largest absolute Gasteiger partial charge is 0.508 e. The maximum absolute atomic E-state index is 12.4. The fraction of sp³-hybridized carbons (Fsp3) is 0.483. The smallest absolute Gasteiger partial charge is 0.431 e. The number of carbonyl (C=O) groups excluding carboxylic acids is 3.